The van der Waals surface area contributed by atoms with Crippen molar-refractivity contribution in [2.24, 2.45) is 5.73 Å². The molecule has 0 aliphatic rings. The number of allylic oxidation sites excluding steroid dienone is 22. The summed E-state index contributed by atoms with van der Waals surface area (Å²) in [6.45, 7) is 3.30. The van der Waals surface area contributed by atoms with Crippen molar-refractivity contribution in [3.05, 3.63) is 134 Å². The maximum absolute atomic E-state index is 12.5. The number of carbonyl (C=O) groups excluding carboxylic acids is 2. The van der Waals surface area contributed by atoms with E-state index in [9.17, 15) is 19.0 Å². The van der Waals surface area contributed by atoms with E-state index in [1.165, 1.54) is 0 Å². The number of carbonyl (C=O) groups is 2. The van der Waals surface area contributed by atoms with Gasteiger partial charge in [0.25, 0.3) is 0 Å². The first-order valence-electron chi connectivity index (χ1n) is 20.7. The number of hydrogen-bond acceptors (Lipinski definition) is 8. The van der Waals surface area contributed by atoms with E-state index in [1.807, 2.05) is 18.2 Å². The maximum atomic E-state index is 12.5. The number of phosphoric ester groups is 1. The molecule has 0 aromatic heterocycles. The van der Waals surface area contributed by atoms with Crippen LogP contribution in [0.4, 0.5) is 0 Å². The quantitative estimate of drug-likeness (QED) is 0.0274. The van der Waals surface area contributed by atoms with Crippen molar-refractivity contribution < 1.29 is 37.6 Å². The van der Waals surface area contributed by atoms with Gasteiger partial charge in [-0.15, -0.1) is 0 Å². The molecule has 0 aliphatic carbocycles. The Bertz CT molecular complexity index is 1380. The van der Waals surface area contributed by atoms with Crippen LogP contribution in [0.25, 0.3) is 0 Å². The molecule has 2 atom stereocenters. The van der Waals surface area contributed by atoms with Gasteiger partial charge < -0.3 is 20.1 Å². The minimum absolute atomic E-state index is 0.0268. The molecular weight excluding hydrogens is 737 g/mol. The summed E-state index contributed by atoms with van der Waals surface area (Å²) < 4.78 is 32.6. The summed E-state index contributed by atoms with van der Waals surface area (Å²) in [5, 5.41) is 0. The third kappa shape index (κ3) is 41.6. The number of phosphoric acid groups is 1. The molecule has 0 aliphatic heterocycles. The monoisotopic (exact) mass is 809 g/mol. The van der Waals surface area contributed by atoms with Gasteiger partial charge in [0, 0.05) is 19.4 Å². The van der Waals surface area contributed by atoms with Crippen molar-refractivity contribution in [3.8, 4) is 0 Å². The first kappa shape index (κ1) is 53.1. The van der Waals surface area contributed by atoms with Crippen LogP contribution in [0.15, 0.2) is 134 Å². The van der Waals surface area contributed by atoms with E-state index in [2.05, 4.69) is 129 Å². The highest BCUT2D eigenvalue weighted by Gasteiger charge is 2.25. The van der Waals surface area contributed by atoms with Crippen molar-refractivity contribution in [1.29, 1.82) is 0 Å². The molecule has 3 N–H and O–H groups in total. The molecule has 0 amide bonds. The topological polar surface area (TPSA) is 134 Å². The molecule has 318 valence electrons. The zero-order valence-electron chi connectivity index (χ0n) is 34.8. The molecule has 10 heteroatoms. The van der Waals surface area contributed by atoms with Crippen LogP contribution in [0, 0.1) is 0 Å². The average molecular weight is 810 g/mol. The van der Waals surface area contributed by atoms with Gasteiger partial charge in [0.15, 0.2) is 6.10 Å². The van der Waals surface area contributed by atoms with E-state index in [4.69, 9.17) is 24.3 Å². The second-order valence-electron chi connectivity index (χ2n) is 12.7. The van der Waals surface area contributed by atoms with Crippen LogP contribution in [0.2, 0.25) is 0 Å². The van der Waals surface area contributed by atoms with E-state index in [-0.39, 0.29) is 32.6 Å². The van der Waals surface area contributed by atoms with Crippen molar-refractivity contribution >= 4 is 19.8 Å². The molecule has 0 saturated heterocycles. The highest BCUT2D eigenvalue weighted by molar-refractivity contribution is 7.47. The normalized spacial score (nSPS) is 14.7. The van der Waals surface area contributed by atoms with Crippen LogP contribution in [-0.2, 0) is 32.7 Å². The van der Waals surface area contributed by atoms with Gasteiger partial charge in [-0.2, -0.15) is 0 Å². The Labute approximate surface area is 344 Å². The largest absolute Gasteiger partial charge is 0.472 e. The van der Waals surface area contributed by atoms with Crippen LogP contribution >= 0.6 is 7.82 Å². The van der Waals surface area contributed by atoms with Gasteiger partial charge in [-0.1, -0.05) is 148 Å². The summed E-state index contributed by atoms with van der Waals surface area (Å²) in [5.74, 6) is -1.01. The van der Waals surface area contributed by atoms with Crippen molar-refractivity contribution in [1.82, 2.24) is 0 Å². The summed E-state index contributed by atoms with van der Waals surface area (Å²) in [4.78, 5) is 34.7. The van der Waals surface area contributed by atoms with Gasteiger partial charge in [0.2, 0.25) is 0 Å². The fraction of sp³-hybridized carbons (Fsp3) is 0.489. The summed E-state index contributed by atoms with van der Waals surface area (Å²) in [7, 11) is -4.42. The minimum atomic E-state index is -4.42. The van der Waals surface area contributed by atoms with Gasteiger partial charge in [-0.25, -0.2) is 4.57 Å². The van der Waals surface area contributed by atoms with Crippen molar-refractivity contribution in [3.63, 3.8) is 0 Å². The van der Waals surface area contributed by atoms with Gasteiger partial charge in [-0.05, 0) is 89.9 Å². The second kappa shape index (κ2) is 41.8. The number of unbranched alkanes of at least 4 members (excludes halogenated alkanes) is 1. The summed E-state index contributed by atoms with van der Waals surface area (Å²) in [5.41, 5.74) is 5.33. The molecule has 0 bridgehead atoms. The first-order chi connectivity index (χ1) is 27.8. The van der Waals surface area contributed by atoms with E-state index >= 15 is 0 Å². The highest BCUT2D eigenvalue weighted by Crippen LogP contribution is 2.43. The molecule has 0 aromatic rings. The Morgan fingerprint density at radius 2 is 0.912 bits per heavy atom. The zero-order chi connectivity index (χ0) is 41.8. The van der Waals surface area contributed by atoms with Gasteiger partial charge in [-0.3, -0.25) is 18.6 Å². The second-order valence-corrected chi connectivity index (χ2v) is 14.2. The third-order valence-corrected chi connectivity index (χ3v) is 8.53. The van der Waals surface area contributed by atoms with Crippen LogP contribution in [0.3, 0.4) is 0 Å². The molecule has 0 saturated carbocycles. The molecular formula is C47H72NO8P. The fourth-order valence-electron chi connectivity index (χ4n) is 4.58. The SMILES string of the molecule is CC/C=C\C/C=C\C/C=C\C/C=C\C/C=C\C/C=C\C/C=C\CCCC(=O)OC(COC(=O)CC/C=C\C/C=C\C/C=C\C/C=C\CC)COP(=O)(O)OCCN. The number of nitrogens with two attached hydrogens (primary N) is 1. The predicted molar refractivity (Wildman–Crippen MR) is 237 cm³/mol. The Morgan fingerprint density at radius 3 is 1.32 bits per heavy atom. The summed E-state index contributed by atoms with van der Waals surface area (Å²) in [6.07, 6.45) is 58.0. The lowest BCUT2D eigenvalue weighted by Gasteiger charge is -2.19. The standard InChI is InChI=1S/C47H72NO8P/c1-3-5-7-9-11-13-15-17-18-19-20-21-22-23-24-25-26-28-30-32-34-36-38-40-47(50)56-45(44-55-57(51,52)54-42-41-48)43-53-46(49)39-37-35-33-31-29-27-16-14-12-10-8-6-4-2/h5-8,11-14,17-18,20-21,23-24,26-29,32-35,45H,3-4,9-10,15-16,19,22,25,30-31,36-44,48H2,1-2H3,(H,51,52)/b7-5-,8-6-,13-11-,14-12-,18-17-,21-20-,24-23-,28-26-,29-27-,34-32-,35-33-. The Balaban J connectivity index is 4.40. The average Bonchev–Trinajstić information content (AvgIpc) is 3.20. The van der Waals surface area contributed by atoms with Gasteiger partial charge >= 0.3 is 19.8 Å². The number of hydrogen-bond donors (Lipinski definition) is 2. The van der Waals surface area contributed by atoms with Gasteiger partial charge in [0.05, 0.1) is 13.2 Å². The lowest BCUT2D eigenvalue weighted by atomic mass is 10.2. The van der Waals surface area contributed by atoms with E-state index < -0.39 is 32.5 Å². The number of esters is 2. The molecule has 57 heavy (non-hydrogen) atoms. The zero-order valence-corrected chi connectivity index (χ0v) is 35.6. The first-order valence-corrected chi connectivity index (χ1v) is 22.2. The smallest absolute Gasteiger partial charge is 0.462 e. The van der Waals surface area contributed by atoms with Crippen molar-refractivity contribution in [2.45, 2.75) is 123 Å². The highest BCUT2D eigenvalue weighted by atomic mass is 31.2. The molecule has 0 spiro atoms. The van der Waals surface area contributed by atoms with Crippen LogP contribution in [0.1, 0.15) is 117 Å². The number of ether oxygens (including phenoxy) is 2. The molecule has 0 radical (unpaired) electrons. The predicted octanol–water partition coefficient (Wildman–Crippen LogP) is 11.9. The lowest BCUT2D eigenvalue weighted by molar-refractivity contribution is -0.161. The van der Waals surface area contributed by atoms with Gasteiger partial charge in [0.1, 0.15) is 6.61 Å². The van der Waals surface area contributed by atoms with Crippen molar-refractivity contribution in [2.75, 3.05) is 26.4 Å². The molecule has 0 rings (SSSR count). The van der Waals surface area contributed by atoms with E-state index in [1.54, 1.807) is 0 Å². The summed E-state index contributed by atoms with van der Waals surface area (Å²) >= 11 is 0. The molecule has 0 heterocycles. The summed E-state index contributed by atoms with van der Waals surface area (Å²) in [6, 6.07) is 0. The third-order valence-electron chi connectivity index (χ3n) is 7.55. The van der Waals surface area contributed by atoms with E-state index in [0.29, 0.717) is 19.3 Å². The maximum Gasteiger partial charge on any atom is 0.472 e. The van der Waals surface area contributed by atoms with E-state index in [0.717, 1.165) is 70.6 Å². The minimum Gasteiger partial charge on any atom is -0.462 e. The lowest BCUT2D eigenvalue weighted by Crippen LogP contribution is -2.29. The Hall–Kier alpha value is -3.85. The number of rotatable bonds is 36. The Morgan fingerprint density at radius 1 is 0.526 bits per heavy atom. The molecule has 2 unspecified atom stereocenters. The Kier molecular flexibility index (Phi) is 39.0. The fourth-order valence-corrected chi connectivity index (χ4v) is 5.34. The van der Waals surface area contributed by atoms with Crippen LogP contribution < -0.4 is 5.73 Å². The molecule has 0 aromatic carbocycles. The van der Waals surface area contributed by atoms with Crippen LogP contribution in [-0.4, -0.2) is 49.3 Å². The van der Waals surface area contributed by atoms with Crippen LogP contribution in [0.5, 0.6) is 0 Å². The molecule has 0 fully saturated rings. The molecule has 9 nitrogen and oxygen atoms in total.